The molecular formula is C20H23ClN4O5S. The Bertz CT molecular complexity index is 1010. The van der Waals surface area contributed by atoms with E-state index in [9.17, 15) is 18.0 Å². The highest BCUT2D eigenvalue weighted by Gasteiger charge is 2.26. The van der Waals surface area contributed by atoms with Gasteiger partial charge in [0.2, 0.25) is 10.0 Å². The van der Waals surface area contributed by atoms with Crippen molar-refractivity contribution in [3.8, 4) is 0 Å². The maximum absolute atomic E-state index is 12.4. The summed E-state index contributed by atoms with van der Waals surface area (Å²) >= 11 is 5.76. The number of hydrogen-bond donors (Lipinski definition) is 1. The van der Waals surface area contributed by atoms with Gasteiger partial charge < -0.3 is 14.5 Å². The maximum Gasteiger partial charge on any atom is 0.324 e. The highest BCUT2D eigenvalue weighted by atomic mass is 35.5. The summed E-state index contributed by atoms with van der Waals surface area (Å²) in [5.74, 6) is -0.317. The molecule has 0 radical (unpaired) electrons. The molecule has 0 unspecified atom stereocenters. The first-order valence-corrected chi connectivity index (χ1v) is 11.5. The van der Waals surface area contributed by atoms with Crippen molar-refractivity contribution in [3.05, 3.63) is 53.7 Å². The van der Waals surface area contributed by atoms with Crippen LogP contribution in [-0.2, 0) is 24.3 Å². The van der Waals surface area contributed by atoms with E-state index in [1.54, 1.807) is 11.1 Å². The first-order valence-electron chi connectivity index (χ1n) is 9.64. The van der Waals surface area contributed by atoms with Crippen molar-refractivity contribution in [2.75, 3.05) is 37.7 Å². The molecule has 1 aromatic heterocycles. The molecule has 0 spiro atoms. The number of carbonyl (C=O) groups is 2. The Morgan fingerprint density at radius 1 is 1.13 bits per heavy atom. The van der Waals surface area contributed by atoms with Crippen LogP contribution in [-0.4, -0.2) is 69.0 Å². The number of amides is 1. The van der Waals surface area contributed by atoms with Crippen molar-refractivity contribution in [2.45, 2.75) is 17.9 Å². The average molecular weight is 467 g/mol. The van der Waals surface area contributed by atoms with E-state index < -0.39 is 28.6 Å². The van der Waals surface area contributed by atoms with E-state index in [1.165, 1.54) is 31.2 Å². The molecule has 31 heavy (non-hydrogen) atoms. The van der Waals surface area contributed by atoms with Crippen molar-refractivity contribution in [2.24, 2.45) is 0 Å². The average Bonchev–Trinajstić information content (AvgIpc) is 2.78. The van der Waals surface area contributed by atoms with E-state index >= 15 is 0 Å². The van der Waals surface area contributed by atoms with Gasteiger partial charge in [0.25, 0.3) is 5.91 Å². The first kappa shape index (κ1) is 23.0. The minimum Gasteiger partial charge on any atom is -0.454 e. The SMILES string of the molecule is C[C@H](NS(=O)(=O)c1ccc(Cl)cc1)C(=O)OCC(=O)N1CCN(c2ccccn2)CC1. The third kappa shape index (κ3) is 6.16. The Kier molecular flexibility index (Phi) is 7.47. The molecule has 2 aromatic rings. The van der Waals surface area contributed by atoms with Crippen molar-refractivity contribution < 1.29 is 22.7 Å². The van der Waals surface area contributed by atoms with Crippen LogP contribution < -0.4 is 9.62 Å². The molecule has 1 N–H and O–H groups in total. The number of piperazine rings is 1. The van der Waals surface area contributed by atoms with Gasteiger partial charge in [0.15, 0.2) is 6.61 Å². The molecule has 0 saturated carbocycles. The van der Waals surface area contributed by atoms with Crippen LogP contribution in [0.25, 0.3) is 0 Å². The zero-order valence-electron chi connectivity index (χ0n) is 16.9. The number of sulfonamides is 1. The molecule has 1 aromatic carbocycles. The normalized spacial score (nSPS) is 15.4. The van der Waals surface area contributed by atoms with Gasteiger partial charge in [-0.15, -0.1) is 0 Å². The van der Waals surface area contributed by atoms with Crippen molar-refractivity contribution in [1.29, 1.82) is 0 Å². The highest BCUT2D eigenvalue weighted by molar-refractivity contribution is 7.89. The van der Waals surface area contributed by atoms with Crippen LogP contribution in [0.15, 0.2) is 53.6 Å². The first-order chi connectivity index (χ1) is 14.8. The van der Waals surface area contributed by atoms with Crippen LogP contribution in [0.2, 0.25) is 5.02 Å². The van der Waals surface area contributed by atoms with Crippen LogP contribution in [0.4, 0.5) is 5.82 Å². The molecule has 1 fully saturated rings. The zero-order valence-corrected chi connectivity index (χ0v) is 18.5. The lowest BCUT2D eigenvalue weighted by atomic mass is 10.3. The molecule has 1 aliphatic rings. The summed E-state index contributed by atoms with van der Waals surface area (Å²) in [7, 11) is -3.93. The van der Waals surface area contributed by atoms with Gasteiger partial charge in [-0.1, -0.05) is 17.7 Å². The molecule has 1 aliphatic heterocycles. The summed E-state index contributed by atoms with van der Waals surface area (Å²) in [5, 5.41) is 0.394. The van der Waals surface area contributed by atoms with Crippen molar-refractivity contribution in [3.63, 3.8) is 0 Å². The highest BCUT2D eigenvalue weighted by Crippen LogP contribution is 2.15. The standard InChI is InChI=1S/C20H23ClN4O5S/c1-15(23-31(28,29)17-7-5-16(21)6-8-17)20(27)30-14-19(26)25-12-10-24(11-13-25)18-4-2-3-9-22-18/h2-9,15,23H,10-14H2,1H3/t15-/m0/s1. The summed E-state index contributed by atoms with van der Waals surface area (Å²) in [5.41, 5.74) is 0. The molecule has 0 aliphatic carbocycles. The van der Waals surface area contributed by atoms with Crippen LogP contribution in [0.1, 0.15) is 6.92 Å². The van der Waals surface area contributed by atoms with Gasteiger partial charge in [0.05, 0.1) is 4.90 Å². The molecule has 1 saturated heterocycles. The molecule has 9 nitrogen and oxygen atoms in total. The smallest absolute Gasteiger partial charge is 0.324 e. The quantitative estimate of drug-likeness (QED) is 0.612. The fourth-order valence-corrected chi connectivity index (χ4v) is 4.36. The number of esters is 1. The predicted octanol–water partition coefficient (Wildman–Crippen LogP) is 1.29. The summed E-state index contributed by atoms with van der Waals surface area (Å²) in [6, 6.07) is 10.0. The second-order valence-electron chi connectivity index (χ2n) is 6.96. The number of aromatic nitrogens is 1. The second kappa shape index (κ2) is 10.1. The minimum absolute atomic E-state index is 0.0293. The third-order valence-electron chi connectivity index (χ3n) is 4.75. The van der Waals surface area contributed by atoms with E-state index in [1.807, 2.05) is 18.2 Å². The molecule has 0 bridgehead atoms. The van der Waals surface area contributed by atoms with Crippen LogP contribution >= 0.6 is 11.6 Å². The number of rotatable bonds is 7. The number of pyridine rings is 1. The third-order valence-corrected chi connectivity index (χ3v) is 6.56. The van der Waals surface area contributed by atoms with E-state index in [0.717, 1.165) is 5.82 Å². The Labute approximate surface area is 186 Å². The van der Waals surface area contributed by atoms with Gasteiger partial charge in [-0.3, -0.25) is 9.59 Å². The second-order valence-corrected chi connectivity index (χ2v) is 9.11. The number of nitrogens with one attached hydrogen (secondary N) is 1. The Balaban J connectivity index is 1.45. The lowest BCUT2D eigenvalue weighted by molar-refractivity contribution is -0.153. The number of halogens is 1. The molecular weight excluding hydrogens is 444 g/mol. The number of ether oxygens (including phenoxy) is 1. The van der Waals surface area contributed by atoms with E-state index in [4.69, 9.17) is 16.3 Å². The molecule has 2 heterocycles. The van der Waals surface area contributed by atoms with Gasteiger partial charge >= 0.3 is 5.97 Å². The lowest BCUT2D eigenvalue weighted by Gasteiger charge is -2.35. The zero-order chi connectivity index (χ0) is 22.4. The van der Waals surface area contributed by atoms with Gasteiger partial charge in [-0.25, -0.2) is 13.4 Å². The van der Waals surface area contributed by atoms with Crippen LogP contribution in [0, 0.1) is 0 Å². The Hall–Kier alpha value is -2.69. The number of anilines is 1. The summed E-state index contributed by atoms with van der Waals surface area (Å²) < 4.78 is 32.0. The number of nitrogens with zero attached hydrogens (tertiary/aromatic N) is 3. The largest absolute Gasteiger partial charge is 0.454 e. The summed E-state index contributed by atoms with van der Waals surface area (Å²) in [6.07, 6.45) is 1.72. The van der Waals surface area contributed by atoms with Gasteiger partial charge in [-0.2, -0.15) is 4.72 Å². The van der Waals surface area contributed by atoms with E-state index in [2.05, 4.69) is 14.6 Å². The van der Waals surface area contributed by atoms with Gasteiger partial charge in [-0.05, 0) is 43.3 Å². The van der Waals surface area contributed by atoms with Gasteiger partial charge in [0, 0.05) is 37.4 Å². The number of benzene rings is 1. The van der Waals surface area contributed by atoms with E-state index in [-0.39, 0.29) is 10.8 Å². The molecule has 11 heteroatoms. The number of hydrogen-bond acceptors (Lipinski definition) is 7. The monoisotopic (exact) mass is 466 g/mol. The fourth-order valence-electron chi connectivity index (χ4n) is 3.04. The minimum atomic E-state index is -3.93. The fraction of sp³-hybridized carbons (Fsp3) is 0.350. The molecule has 3 rings (SSSR count). The molecule has 1 atom stereocenters. The van der Waals surface area contributed by atoms with Gasteiger partial charge in [0.1, 0.15) is 11.9 Å². The maximum atomic E-state index is 12.4. The van der Waals surface area contributed by atoms with Crippen molar-refractivity contribution in [1.82, 2.24) is 14.6 Å². The number of carbonyl (C=O) groups excluding carboxylic acids is 2. The Morgan fingerprint density at radius 3 is 2.42 bits per heavy atom. The summed E-state index contributed by atoms with van der Waals surface area (Å²) in [4.78, 5) is 32.5. The Morgan fingerprint density at radius 2 is 1.81 bits per heavy atom. The summed E-state index contributed by atoms with van der Waals surface area (Å²) in [6.45, 7) is 3.10. The van der Waals surface area contributed by atoms with Crippen LogP contribution in [0.3, 0.4) is 0 Å². The lowest BCUT2D eigenvalue weighted by Crippen LogP contribution is -2.50. The van der Waals surface area contributed by atoms with Crippen LogP contribution in [0.5, 0.6) is 0 Å². The topological polar surface area (TPSA) is 109 Å². The predicted molar refractivity (Wildman–Crippen MR) is 115 cm³/mol. The van der Waals surface area contributed by atoms with E-state index in [0.29, 0.717) is 31.2 Å². The molecule has 166 valence electrons. The molecule has 1 amide bonds. The van der Waals surface area contributed by atoms with Crippen molar-refractivity contribution >= 4 is 39.3 Å².